The molecule has 0 bridgehead atoms. The molecule has 21 heavy (non-hydrogen) atoms. The lowest BCUT2D eigenvalue weighted by Gasteiger charge is -2.33. The van der Waals surface area contributed by atoms with E-state index >= 15 is 0 Å². The summed E-state index contributed by atoms with van der Waals surface area (Å²) in [6, 6.07) is 7.18. The number of carboxylic acid groups (broad SMARTS) is 1. The summed E-state index contributed by atoms with van der Waals surface area (Å²) in [5.74, 6) is -1.24. The standard InChI is InChI=1S/C15H19ClO4S/c1-10(15(17)18)14(11-2-4-13(16)5-3-11)12-6-8-21(19,20)9-7-12/h2-5,10,12,14H,6-9H2,1H3,(H,17,18). The summed E-state index contributed by atoms with van der Waals surface area (Å²) < 4.78 is 23.1. The quantitative estimate of drug-likeness (QED) is 0.921. The van der Waals surface area contributed by atoms with Crippen LogP contribution in [-0.4, -0.2) is 31.0 Å². The van der Waals surface area contributed by atoms with Gasteiger partial charge in [0.25, 0.3) is 0 Å². The van der Waals surface area contributed by atoms with Gasteiger partial charge in [-0.15, -0.1) is 0 Å². The second-order valence-electron chi connectivity index (χ2n) is 5.69. The average molecular weight is 331 g/mol. The van der Waals surface area contributed by atoms with Crippen molar-refractivity contribution < 1.29 is 18.3 Å². The van der Waals surface area contributed by atoms with Gasteiger partial charge in [-0.05, 0) is 42.4 Å². The van der Waals surface area contributed by atoms with E-state index in [9.17, 15) is 18.3 Å². The molecule has 1 aromatic rings. The van der Waals surface area contributed by atoms with Gasteiger partial charge in [0.1, 0.15) is 9.84 Å². The monoisotopic (exact) mass is 330 g/mol. The van der Waals surface area contributed by atoms with Crippen molar-refractivity contribution in [3.05, 3.63) is 34.9 Å². The van der Waals surface area contributed by atoms with Crippen LogP contribution in [0, 0.1) is 11.8 Å². The van der Waals surface area contributed by atoms with Crippen LogP contribution < -0.4 is 0 Å². The number of aliphatic carboxylic acids is 1. The van der Waals surface area contributed by atoms with Gasteiger partial charge in [-0.1, -0.05) is 30.7 Å². The molecule has 1 fully saturated rings. The van der Waals surface area contributed by atoms with Gasteiger partial charge in [0, 0.05) is 5.02 Å². The third-order valence-electron chi connectivity index (χ3n) is 4.29. The van der Waals surface area contributed by atoms with E-state index in [2.05, 4.69) is 0 Å². The van der Waals surface area contributed by atoms with E-state index in [1.54, 1.807) is 19.1 Å². The van der Waals surface area contributed by atoms with Gasteiger partial charge >= 0.3 is 5.97 Å². The minimum atomic E-state index is -2.95. The first kappa shape index (κ1) is 16.3. The fraction of sp³-hybridized carbons (Fsp3) is 0.533. The highest BCUT2D eigenvalue weighted by atomic mass is 35.5. The third kappa shape index (κ3) is 3.98. The van der Waals surface area contributed by atoms with Gasteiger partial charge in [-0.2, -0.15) is 0 Å². The molecule has 0 aromatic heterocycles. The van der Waals surface area contributed by atoms with Crippen molar-refractivity contribution in [2.45, 2.75) is 25.7 Å². The Morgan fingerprint density at radius 1 is 1.24 bits per heavy atom. The Labute approximate surface area is 130 Å². The number of hydrogen-bond donors (Lipinski definition) is 1. The van der Waals surface area contributed by atoms with Crippen molar-refractivity contribution in [1.29, 1.82) is 0 Å². The normalized spacial score (nSPS) is 21.6. The van der Waals surface area contributed by atoms with Crippen LogP contribution in [0.5, 0.6) is 0 Å². The Balaban J connectivity index is 2.28. The molecular weight excluding hydrogens is 312 g/mol. The number of sulfone groups is 1. The fourth-order valence-corrected chi connectivity index (χ4v) is 4.73. The first-order valence-corrected chi connectivity index (χ1v) is 9.19. The lowest BCUT2D eigenvalue weighted by atomic mass is 9.75. The zero-order chi connectivity index (χ0) is 15.6. The van der Waals surface area contributed by atoms with Crippen LogP contribution in [-0.2, 0) is 14.6 Å². The number of hydrogen-bond acceptors (Lipinski definition) is 3. The predicted molar refractivity (Wildman–Crippen MR) is 82.4 cm³/mol. The molecule has 0 aliphatic carbocycles. The van der Waals surface area contributed by atoms with E-state index in [0.29, 0.717) is 17.9 Å². The molecule has 1 saturated heterocycles. The van der Waals surface area contributed by atoms with Crippen molar-refractivity contribution in [3.63, 3.8) is 0 Å². The van der Waals surface area contributed by atoms with Gasteiger partial charge < -0.3 is 5.11 Å². The third-order valence-corrected chi connectivity index (χ3v) is 6.26. The summed E-state index contributed by atoms with van der Waals surface area (Å²) in [6.45, 7) is 1.69. The van der Waals surface area contributed by atoms with Crippen LogP contribution in [0.2, 0.25) is 5.02 Å². The van der Waals surface area contributed by atoms with Crippen molar-refractivity contribution in [3.8, 4) is 0 Å². The van der Waals surface area contributed by atoms with Crippen LogP contribution in [0.25, 0.3) is 0 Å². The molecule has 1 heterocycles. The van der Waals surface area contributed by atoms with Gasteiger partial charge in [-0.3, -0.25) is 4.79 Å². The van der Waals surface area contributed by atoms with Gasteiger partial charge in [0.2, 0.25) is 0 Å². The predicted octanol–water partition coefficient (Wildman–Crippen LogP) is 2.97. The molecule has 2 rings (SSSR count). The van der Waals surface area contributed by atoms with Crippen molar-refractivity contribution >= 4 is 27.4 Å². The van der Waals surface area contributed by atoms with E-state index in [1.807, 2.05) is 12.1 Å². The maximum Gasteiger partial charge on any atom is 0.306 e. The Hall–Kier alpha value is -1.07. The second kappa shape index (κ2) is 6.36. The zero-order valence-electron chi connectivity index (χ0n) is 11.8. The average Bonchev–Trinajstić information content (AvgIpc) is 2.42. The molecule has 1 aliphatic heterocycles. The van der Waals surface area contributed by atoms with Crippen LogP contribution in [0.15, 0.2) is 24.3 Å². The maximum absolute atomic E-state index is 11.6. The maximum atomic E-state index is 11.6. The molecule has 1 N–H and O–H groups in total. The molecule has 6 heteroatoms. The van der Waals surface area contributed by atoms with Crippen molar-refractivity contribution in [2.24, 2.45) is 11.8 Å². The van der Waals surface area contributed by atoms with E-state index in [0.717, 1.165) is 5.56 Å². The van der Waals surface area contributed by atoms with Crippen molar-refractivity contribution in [2.75, 3.05) is 11.5 Å². The summed E-state index contributed by atoms with van der Waals surface area (Å²) in [5, 5.41) is 9.96. The molecular formula is C15H19ClO4S. The van der Waals surface area contributed by atoms with Gasteiger partial charge in [0.15, 0.2) is 0 Å². The highest BCUT2D eigenvalue weighted by Crippen LogP contribution is 2.39. The van der Waals surface area contributed by atoms with Gasteiger partial charge in [0.05, 0.1) is 17.4 Å². The largest absolute Gasteiger partial charge is 0.481 e. The van der Waals surface area contributed by atoms with Crippen LogP contribution in [0.3, 0.4) is 0 Å². The topological polar surface area (TPSA) is 71.4 Å². The van der Waals surface area contributed by atoms with E-state index in [4.69, 9.17) is 11.6 Å². The molecule has 116 valence electrons. The first-order valence-electron chi connectivity index (χ1n) is 6.99. The summed E-state index contributed by atoms with van der Waals surface area (Å²) in [7, 11) is -2.95. The molecule has 0 saturated carbocycles. The summed E-state index contributed by atoms with van der Waals surface area (Å²) >= 11 is 5.89. The van der Waals surface area contributed by atoms with E-state index in [1.165, 1.54) is 0 Å². The number of halogens is 1. The van der Waals surface area contributed by atoms with E-state index < -0.39 is 21.7 Å². The lowest BCUT2D eigenvalue weighted by Crippen LogP contribution is -2.32. The molecule has 4 nitrogen and oxygen atoms in total. The molecule has 1 aliphatic rings. The number of benzene rings is 1. The molecule has 0 amide bonds. The smallest absolute Gasteiger partial charge is 0.306 e. The Kier molecular flexibility index (Phi) is 4.94. The molecule has 0 spiro atoms. The lowest BCUT2D eigenvalue weighted by molar-refractivity contribution is -0.142. The van der Waals surface area contributed by atoms with Crippen molar-refractivity contribution in [1.82, 2.24) is 0 Å². The highest BCUT2D eigenvalue weighted by molar-refractivity contribution is 7.91. The number of carbonyl (C=O) groups is 1. The Morgan fingerprint density at radius 2 is 1.76 bits per heavy atom. The minimum absolute atomic E-state index is 0.0702. The van der Waals surface area contributed by atoms with Gasteiger partial charge in [-0.25, -0.2) is 8.42 Å². The zero-order valence-corrected chi connectivity index (χ0v) is 13.4. The molecule has 0 radical (unpaired) electrons. The Bertz CT molecular complexity index is 595. The summed E-state index contributed by atoms with van der Waals surface area (Å²) in [5.41, 5.74) is 0.915. The Morgan fingerprint density at radius 3 is 2.24 bits per heavy atom. The highest BCUT2D eigenvalue weighted by Gasteiger charge is 2.36. The second-order valence-corrected chi connectivity index (χ2v) is 8.43. The fourth-order valence-electron chi connectivity index (χ4n) is 3.08. The summed E-state index contributed by atoms with van der Waals surface area (Å²) in [6.07, 6.45) is 1.04. The van der Waals surface area contributed by atoms with Crippen LogP contribution in [0.1, 0.15) is 31.2 Å². The number of carboxylic acids is 1. The first-order chi connectivity index (χ1) is 9.80. The van der Waals surface area contributed by atoms with Crippen LogP contribution >= 0.6 is 11.6 Å². The van der Waals surface area contributed by atoms with E-state index in [-0.39, 0.29) is 23.3 Å². The number of rotatable bonds is 4. The molecule has 1 aromatic carbocycles. The minimum Gasteiger partial charge on any atom is -0.481 e. The summed E-state index contributed by atoms with van der Waals surface area (Å²) in [4.78, 5) is 11.4. The van der Waals surface area contributed by atoms with Crippen LogP contribution in [0.4, 0.5) is 0 Å². The molecule has 2 atom stereocenters. The SMILES string of the molecule is CC(C(=O)O)C(c1ccc(Cl)cc1)C1CCS(=O)(=O)CC1. The molecule has 2 unspecified atom stereocenters.